The number of halogens is 3. The lowest BCUT2D eigenvalue weighted by atomic mass is 10.0. The third-order valence-corrected chi connectivity index (χ3v) is 6.11. The van der Waals surface area contributed by atoms with E-state index in [0.717, 1.165) is 28.3 Å². The maximum atomic E-state index is 6.33. The number of methoxy groups -OCH3 is 1. The Morgan fingerprint density at radius 1 is 1.22 bits per heavy atom. The molecule has 2 saturated carbocycles. The van der Waals surface area contributed by atoms with Crippen LogP contribution in [0.15, 0.2) is 12.1 Å². The molecule has 0 aliphatic heterocycles. The molecule has 0 saturated heterocycles. The van der Waals surface area contributed by atoms with Crippen molar-refractivity contribution in [2.75, 3.05) is 7.11 Å². The van der Waals surface area contributed by atoms with Gasteiger partial charge in [0.2, 0.25) is 0 Å². The van der Waals surface area contributed by atoms with Gasteiger partial charge in [-0.3, -0.25) is 0 Å². The van der Waals surface area contributed by atoms with Crippen molar-refractivity contribution in [1.29, 1.82) is 0 Å². The molecule has 3 atom stereocenters. The Morgan fingerprint density at radius 2 is 1.89 bits per heavy atom. The molecule has 98 valence electrons. The van der Waals surface area contributed by atoms with Gasteiger partial charge >= 0.3 is 0 Å². The molecular formula is C14H15BrCl2O. The Kier molecular flexibility index (Phi) is 3.55. The second-order valence-electron chi connectivity index (χ2n) is 5.25. The zero-order chi connectivity index (χ0) is 12.9. The van der Waals surface area contributed by atoms with Crippen molar-refractivity contribution in [3.05, 3.63) is 27.7 Å². The average Bonchev–Trinajstić information content (AvgIpc) is 2.83. The molecule has 18 heavy (non-hydrogen) atoms. The molecule has 0 amide bonds. The molecule has 3 rings (SSSR count). The van der Waals surface area contributed by atoms with Crippen LogP contribution in [0, 0.1) is 17.8 Å². The fraction of sp³-hybridized carbons (Fsp3) is 0.571. The Bertz CT molecular complexity index is 467. The quantitative estimate of drug-likeness (QED) is 0.656. The van der Waals surface area contributed by atoms with Crippen LogP contribution in [0.5, 0.6) is 5.75 Å². The largest absolute Gasteiger partial charge is 0.495 e. The molecule has 0 spiro atoms. The van der Waals surface area contributed by atoms with Gasteiger partial charge in [-0.25, -0.2) is 0 Å². The summed E-state index contributed by atoms with van der Waals surface area (Å²) < 4.78 is 5.18. The molecule has 4 heteroatoms. The number of hydrogen-bond donors (Lipinski definition) is 0. The van der Waals surface area contributed by atoms with Crippen LogP contribution >= 0.6 is 39.1 Å². The summed E-state index contributed by atoms with van der Waals surface area (Å²) >= 11 is 16.3. The zero-order valence-corrected chi connectivity index (χ0v) is 13.2. The Balaban J connectivity index is 1.86. The summed E-state index contributed by atoms with van der Waals surface area (Å²) in [5, 5.41) is 1.37. The highest BCUT2D eigenvalue weighted by molar-refractivity contribution is 9.09. The highest BCUT2D eigenvalue weighted by Crippen LogP contribution is 2.65. The first-order valence-corrected chi connectivity index (χ1v) is 7.97. The minimum absolute atomic E-state index is 0.323. The number of fused-ring (bicyclic) bond motifs is 1. The van der Waals surface area contributed by atoms with Gasteiger partial charge in [-0.05, 0) is 42.2 Å². The summed E-state index contributed by atoms with van der Waals surface area (Å²) in [5.74, 6) is 3.17. The van der Waals surface area contributed by atoms with Crippen LogP contribution in [0.4, 0.5) is 0 Å². The van der Waals surface area contributed by atoms with Crippen molar-refractivity contribution in [1.82, 2.24) is 0 Å². The fourth-order valence-corrected chi connectivity index (χ4v) is 5.25. The average molecular weight is 350 g/mol. The predicted octanol–water partition coefficient (Wildman–Crippen LogP) is 5.48. The Morgan fingerprint density at radius 3 is 2.50 bits per heavy atom. The lowest BCUT2D eigenvalue weighted by Gasteiger charge is -2.15. The first kappa shape index (κ1) is 13.1. The summed E-state index contributed by atoms with van der Waals surface area (Å²) in [4.78, 5) is 0.323. The van der Waals surface area contributed by atoms with Gasteiger partial charge in [0, 0.05) is 15.9 Å². The van der Waals surface area contributed by atoms with Crippen LogP contribution in [-0.4, -0.2) is 7.11 Å². The highest BCUT2D eigenvalue weighted by Gasteiger charge is 2.55. The molecular weight excluding hydrogens is 335 g/mol. The summed E-state index contributed by atoms with van der Waals surface area (Å²) in [6, 6.07) is 3.75. The van der Waals surface area contributed by atoms with Crippen molar-refractivity contribution >= 4 is 39.1 Å². The Labute approximate surface area is 126 Å². The number of alkyl halides is 1. The molecule has 0 heterocycles. The van der Waals surface area contributed by atoms with Crippen molar-refractivity contribution in [3.8, 4) is 5.75 Å². The van der Waals surface area contributed by atoms with Gasteiger partial charge in [-0.2, -0.15) is 0 Å². The number of benzene rings is 1. The van der Waals surface area contributed by atoms with E-state index in [9.17, 15) is 0 Å². The molecule has 1 aromatic rings. The number of ether oxygens (including phenoxy) is 1. The fourth-order valence-electron chi connectivity index (χ4n) is 3.43. The van der Waals surface area contributed by atoms with E-state index in [0.29, 0.717) is 15.6 Å². The molecule has 1 aromatic carbocycles. The normalized spacial score (nSPS) is 31.0. The van der Waals surface area contributed by atoms with Crippen molar-refractivity contribution in [2.24, 2.45) is 17.8 Å². The minimum atomic E-state index is 0.323. The van der Waals surface area contributed by atoms with Gasteiger partial charge < -0.3 is 4.74 Å². The first-order chi connectivity index (χ1) is 8.63. The van der Waals surface area contributed by atoms with Crippen LogP contribution in [0.25, 0.3) is 0 Å². The van der Waals surface area contributed by atoms with Gasteiger partial charge in [-0.15, -0.1) is 0 Å². The van der Waals surface area contributed by atoms with Gasteiger partial charge in [0.05, 0.1) is 12.1 Å². The lowest BCUT2D eigenvalue weighted by Crippen LogP contribution is -2.00. The van der Waals surface area contributed by atoms with Crippen LogP contribution in [-0.2, 0) is 0 Å². The number of hydrogen-bond acceptors (Lipinski definition) is 1. The maximum Gasteiger partial charge on any atom is 0.138 e. The van der Waals surface area contributed by atoms with E-state index in [2.05, 4.69) is 15.9 Å². The van der Waals surface area contributed by atoms with Crippen LogP contribution in [0.3, 0.4) is 0 Å². The summed E-state index contributed by atoms with van der Waals surface area (Å²) in [5.41, 5.74) is 1.10. The van der Waals surface area contributed by atoms with Crippen molar-refractivity contribution in [2.45, 2.75) is 24.1 Å². The SMILES string of the molecule is COc1cc(Cl)c(C(Br)C2C3CCCC32)cc1Cl. The molecule has 0 aromatic heterocycles. The highest BCUT2D eigenvalue weighted by atomic mass is 79.9. The maximum absolute atomic E-state index is 6.33. The Hall–Kier alpha value is 0.0800. The summed E-state index contributed by atoms with van der Waals surface area (Å²) in [6.07, 6.45) is 4.14. The van der Waals surface area contributed by atoms with E-state index in [4.69, 9.17) is 27.9 Å². The second-order valence-corrected chi connectivity index (χ2v) is 7.05. The van der Waals surface area contributed by atoms with E-state index in [1.54, 1.807) is 7.11 Å². The molecule has 2 aliphatic carbocycles. The zero-order valence-electron chi connectivity index (χ0n) is 10.1. The number of rotatable bonds is 3. The van der Waals surface area contributed by atoms with E-state index < -0.39 is 0 Å². The molecule has 3 unspecified atom stereocenters. The van der Waals surface area contributed by atoms with Crippen LogP contribution in [0.2, 0.25) is 10.0 Å². The van der Waals surface area contributed by atoms with E-state index in [-0.39, 0.29) is 0 Å². The predicted molar refractivity (Wildman–Crippen MR) is 79.0 cm³/mol. The third kappa shape index (κ3) is 2.07. The van der Waals surface area contributed by atoms with E-state index in [1.807, 2.05) is 12.1 Å². The standard InChI is InChI=1S/C14H15BrCl2O/c1-18-12-6-10(16)9(5-11(12)17)14(15)13-7-3-2-4-8(7)13/h5-8,13-14H,2-4H2,1H3. The third-order valence-electron chi connectivity index (χ3n) is 4.38. The first-order valence-electron chi connectivity index (χ1n) is 6.30. The minimum Gasteiger partial charge on any atom is -0.495 e. The topological polar surface area (TPSA) is 9.23 Å². The summed E-state index contributed by atoms with van der Waals surface area (Å²) in [6.45, 7) is 0. The monoisotopic (exact) mass is 348 g/mol. The van der Waals surface area contributed by atoms with Gasteiger partial charge in [0.1, 0.15) is 5.75 Å². The van der Waals surface area contributed by atoms with E-state index >= 15 is 0 Å². The smallest absolute Gasteiger partial charge is 0.138 e. The van der Waals surface area contributed by atoms with Gasteiger partial charge in [0.15, 0.2) is 0 Å². The van der Waals surface area contributed by atoms with Crippen LogP contribution in [0.1, 0.15) is 29.7 Å². The molecule has 2 aliphatic rings. The van der Waals surface area contributed by atoms with E-state index in [1.165, 1.54) is 19.3 Å². The lowest BCUT2D eigenvalue weighted by molar-refractivity contribution is 0.415. The summed E-state index contributed by atoms with van der Waals surface area (Å²) in [7, 11) is 1.61. The van der Waals surface area contributed by atoms with Crippen LogP contribution < -0.4 is 4.74 Å². The van der Waals surface area contributed by atoms with Gasteiger partial charge in [-0.1, -0.05) is 45.6 Å². The molecule has 2 fully saturated rings. The molecule has 0 radical (unpaired) electrons. The van der Waals surface area contributed by atoms with Crippen molar-refractivity contribution in [3.63, 3.8) is 0 Å². The van der Waals surface area contributed by atoms with Crippen molar-refractivity contribution < 1.29 is 4.74 Å². The molecule has 0 bridgehead atoms. The van der Waals surface area contributed by atoms with Gasteiger partial charge in [0.25, 0.3) is 0 Å². The molecule has 0 N–H and O–H groups in total. The second kappa shape index (κ2) is 4.88. The molecule has 1 nitrogen and oxygen atoms in total.